The molecule has 1 saturated heterocycles. The predicted octanol–water partition coefficient (Wildman–Crippen LogP) is 4.46. The van der Waals surface area contributed by atoms with Crippen LogP contribution in [0, 0.1) is 5.82 Å². The van der Waals surface area contributed by atoms with E-state index in [2.05, 4.69) is 10.3 Å². The van der Waals surface area contributed by atoms with Crippen molar-refractivity contribution in [2.45, 2.75) is 12.5 Å². The van der Waals surface area contributed by atoms with Gasteiger partial charge in [-0.25, -0.2) is 9.18 Å². The standard InChI is InChI=1S/C23H21FN2O4/c1-25-19-6-2-4-17(23(27)28)21(19)16-5-3-10-26-22(16)14-7-8-18(24)20(12-14)30-15-9-11-29-13-15/h2-8,10,12,15,25H,9,11,13H2,1H3,(H,27,28). The number of halogens is 1. The summed E-state index contributed by atoms with van der Waals surface area (Å²) in [6, 6.07) is 13.1. The van der Waals surface area contributed by atoms with Crippen molar-refractivity contribution in [3.8, 4) is 28.1 Å². The fourth-order valence-electron chi connectivity index (χ4n) is 3.59. The molecule has 0 saturated carbocycles. The molecule has 0 radical (unpaired) electrons. The van der Waals surface area contributed by atoms with Crippen molar-refractivity contribution >= 4 is 11.7 Å². The molecular weight excluding hydrogens is 387 g/mol. The Hall–Kier alpha value is -3.45. The van der Waals surface area contributed by atoms with Crippen molar-refractivity contribution in [2.75, 3.05) is 25.6 Å². The van der Waals surface area contributed by atoms with E-state index in [1.165, 1.54) is 6.07 Å². The molecule has 1 atom stereocenters. The lowest BCUT2D eigenvalue weighted by Crippen LogP contribution is -2.16. The van der Waals surface area contributed by atoms with Crippen LogP contribution in [-0.2, 0) is 4.74 Å². The van der Waals surface area contributed by atoms with Gasteiger partial charge in [-0.05, 0) is 36.4 Å². The number of carboxylic acid groups (broad SMARTS) is 1. The molecule has 7 heteroatoms. The summed E-state index contributed by atoms with van der Waals surface area (Å²) in [6.45, 7) is 1.02. The molecule has 2 aromatic carbocycles. The molecule has 0 spiro atoms. The molecular formula is C23H21FN2O4. The quantitative estimate of drug-likeness (QED) is 0.627. The highest BCUT2D eigenvalue weighted by Gasteiger charge is 2.22. The van der Waals surface area contributed by atoms with Crippen LogP contribution in [0.3, 0.4) is 0 Å². The number of rotatable bonds is 6. The number of nitrogens with zero attached hydrogens (tertiary/aromatic N) is 1. The lowest BCUT2D eigenvalue weighted by molar-refractivity contribution is 0.0697. The molecule has 1 aliphatic heterocycles. The van der Waals surface area contributed by atoms with E-state index in [4.69, 9.17) is 9.47 Å². The first kappa shape index (κ1) is 19.8. The van der Waals surface area contributed by atoms with Crippen LogP contribution < -0.4 is 10.1 Å². The van der Waals surface area contributed by atoms with E-state index in [0.29, 0.717) is 47.7 Å². The van der Waals surface area contributed by atoms with Gasteiger partial charge in [-0.3, -0.25) is 4.98 Å². The molecule has 0 aliphatic carbocycles. The molecule has 1 fully saturated rings. The highest BCUT2D eigenvalue weighted by Crippen LogP contribution is 2.38. The molecule has 0 bridgehead atoms. The highest BCUT2D eigenvalue weighted by atomic mass is 19.1. The van der Waals surface area contributed by atoms with E-state index in [1.54, 1.807) is 55.7 Å². The minimum atomic E-state index is -1.04. The Morgan fingerprint density at radius 1 is 1.27 bits per heavy atom. The Balaban J connectivity index is 1.83. The highest BCUT2D eigenvalue weighted by molar-refractivity contribution is 6.02. The molecule has 2 heterocycles. The van der Waals surface area contributed by atoms with Crippen molar-refractivity contribution in [2.24, 2.45) is 0 Å². The average Bonchev–Trinajstić information content (AvgIpc) is 3.28. The third-order valence-corrected chi connectivity index (χ3v) is 5.03. The second-order valence-corrected chi connectivity index (χ2v) is 6.93. The van der Waals surface area contributed by atoms with E-state index >= 15 is 0 Å². The number of hydrogen-bond donors (Lipinski definition) is 2. The number of aromatic nitrogens is 1. The van der Waals surface area contributed by atoms with Gasteiger partial charge >= 0.3 is 5.97 Å². The zero-order valence-electron chi connectivity index (χ0n) is 16.4. The summed E-state index contributed by atoms with van der Waals surface area (Å²) in [7, 11) is 1.73. The van der Waals surface area contributed by atoms with E-state index in [9.17, 15) is 14.3 Å². The first-order valence-corrected chi connectivity index (χ1v) is 9.62. The molecule has 30 heavy (non-hydrogen) atoms. The van der Waals surface area contributed by atoms with Gasteiger partial charge in [-0.1, -0.05) is 12.1 Å². The van der Waals surface area contributed by atoms with Crippen molar-refractivity contribution in [3.05, 3.63) is 66.1 Å². The number of benzene rings is 2. The molecule has 0 amide bonds. The zero-order chi connectivity index (χ0) is 21.1. The van der Waals surface area contributed by atoms with Gasteiger partial charge in [0.25, 0.3) is 0 Å². The van der Waals surface area contributed by atoms with Gasteiger partial charge in [-0.2, -0.15) is 0 Å². The van der Waals surface area contributed by atoms with Crippen LogP contribution in [0.4, 0.5) is 10.1 Å². The molecule has 3 aromatic rings. The van der Waals surface area contributed by atoms with Gasteiger partial charge < -0.3 is 19.9 Å². The summed E-state index contributed by atoms with van der Waals surface area (Å²) in [5.41, 5.74) is 3.12. The second kappa shape index (κ2) is 8.51. The lowest BCUT2D eigenvalue weighted by atomic mass is 9.93. The summed E-state index contributed by atoms with van der Waals surface area (Å²) in [6.07, 6.45) is 2.13. The summed E-state index contributed by atoms with van der Waals surface area (Å²) in [4.78, 5) is 16.4. The molecule has 1 aliphatic rings. The maximum Gasteiger partial charge on any atom is 0.336 e. The third-order valence-electron chi connectivity index (χ3n) is 5.03. The Bertz CT molecular complexity index is 1080. The molecule has 4 rings (SSSR count). The van der Waals surface area contributed by atoms with Gasteiger partial charge in [0.15, 0.2) is 11.6 Å². The molecule has 1 aromatic heterocycles. The van der Waals surface area contributed by atoms with Crippen molar-refractivity contribution in [3.63, 3.8) is 0 Å². The Morgan fingerprint density at radius 2 is 2.13 bits per heavy atom. The number of ether oxygens (including phenoxy) is 2. The summed E-state index contributed by atoms with van der Waals surface area (Å²) >= 11 is 0. The van der Waals surface area contributed by atoms with Crippen LogP contribution in [0.1, 0.15) is 16.8 Å². The third kappa shape index (κ3) is 3.84. The van der Waals surface area contributed by atoms with Crippen molar-refractivity contribution in [1.82, 2.24) is 4.98 Å². The van der Waals surface area contributed by atoms with Crippen LogP contribution in [-0.4, -0.2) is 42.4 Å². The number of carbonyl (C=O) groups is 1. The topological polar surface area (TPSA) is 80.7 Å². The number of nitrogens with one attached hydrogen (secondary N) is 1. The largest absolute Gasteiger partial charge is 0.485 e. The van der Waals surface area contributed by atoms with E-state index < -0.39 is 11.8 Å². The SMILES string of the molecule is CNc1cccc(C(=O)O)c1-c1cccnc1-c1ccc(F)c(OC2CCOC2)c1. The summed E-state index contributed by atoms with van der Waals surface area (Å²) in [5, 5.41) is 12.8. The first-order valence-electron chi connectivity index (χ1n) is 9.62. The van der Waals surface area contributed by atoms with Gasteiger partial charge in [0.05, 0.1) is 24.5 Å². The van der Waals surface area contributed by atoms with Crippen LogP contribution in [0.5, 0.6) is 5.75 Å². The minimum absolute atomic E-state index is 0.125. The zero-order valence-corrected chi connectivity index (χ0v) is 16.4. The van der Waals surface area contributed by atoms with E-state index in [0.717, 1.165) is 0 Å². The van der Waals surface area contributed by atoms with Crippen molar-refractivity contribution in [1.29, 1.82) is 0 Å². The number of carboxylic acids is 1. The average molecular weight is 408 g/mol. The van der Waals surface area contributed by atoms with E-state index in [1.807, 2.05) is 0 Å². The lowest BCUT2D eigenvalue weighted by Gasteiger charge is -2.17. The number of aromatic carboxylic acids is 1. The maximum absolute atomic E-state index is 14.4. The Morgan fingerprint density at radius 3 is 2.87 bits per heavy atom. The van der Waals surface area contributed by atoms with Gasteiger partial charge in [0.1, 0.15) is 6.10 Å². The first-order chi connectivity index (χ1) is 14.6. The number of anilines is 1. The predicted molar refractivity (Wildman–Crippen MR) is 111 cm³/mol. The fourth-order valence-corrected chi connectivity index (χ4v) is 3.59. The number of pyridine rings is 1. The summed E-state index contributed by atoms with van der Waals surface area (Å²) < 4.78 is 25.5. The monoisotopic (exact) mass is 408 g/mol. The maximum atomic E-state index is 14.4. The fraction of sp³-hybridized carbons (Fsp3) is 0.217. The van der Waals surface area contributed by atoms with Crippen LogP contribution in [0.25, 0.3) is 22.4 Å². The minimum Gasteiger partial charge on any atom is -0.485 e. The smallest absolute Gasteiger partial charge is 0.336 e. The second-order valence-electron chi connectivity index (χ2n) is 6.93. The van der Waals surface area contributed by atoms with Crippen molar-refractivity contribution < 1.29 is 23.8 Å². The van der Waals surface area contributed by atoms with Crippen LogP contribution in [0.2, 0.25) is 0 Å². The summed E-state index contributed by atoms with van der Waals surface area (Å²) in [5.74, 6) is -1.38. The number of hydrogen-bond acceptors (Lipinski definition) is 5. The van der Waals surface area contributed by atoms with E-state index in [-0.39, 0.29) is 17.4 Å². The Labute approximate surface area is 173 Å². The molecule has 1 unspecified atom stereocenters. The van der Waals surface area contributed by atoms with Crippen LogP contribution >= 0.6 is 0 Å². The van der Waals surface area contributed by atoms with Gasteiger partial charge in [0, 0.05) is 42.0 Å². The Kier molecular flexibility index (Phi) is 5.63. The normalized spacial score (nSPS) is 15.7. The van der Waals surface area contributed by atoms with Crippen LogP contribution in [0.15, 0.2) is 54.7 Å². The van der Waals surface area contributed by atoms with Gasteiger partial charge in [-0.15, -0.1) is 0 Å². The molecule has 2 N–H and O–H groups in total. The molecule has 6 nitrogen and oxygen atoms in total. The molecule has 154 valence electrons. The van der Waals surface area contributed by atoms with Gasteiger partial charge in [0.2, 0.25) is 0 Å².